The van der Waals surface area contributed by atoms with Crippen molar-refractivity contribution in [2.75, 3.05) is 7.11 Å². The molecule has 29 heavy (non-hydrogen) atoms. The first kappa shape index (κ1) is 18.8. The summed E-state index contributed by atoms with van der Waals surface area (Å²) in [5, 5.41) is 9.20. The lowest BCUT2D eigenvalue weighted by molar-refractivity contribution is -0.137. The number of alkyl halides is 3. The molecule has 0 aliphatic rings. The van der Waals surface area contributed by atoms with Crippen molar-refractivity contribution in [1.82, 2.24) is 24.5 Å². The van der Waals surface area contributed by atoms with E-state index in [1.54, 1.807) is 28.8 Å². The van der Waals surface area contributed by atoms with E-state index in [9.17, 15) is 18.3 Å². The zero-order valence-corrected chi connectivity index (χ0v) is 15.1. The van der Waals surface area contributed by atoms with E-state index >= 15 is 0 Å². The molecule has 7 nitrogen and oxygen atoms in total. The third-order valence-electron chi connectivity index (χ3n) is 4.25. The lowest BCUT2D eigenvalue weighted by Crippen LogP contribution is -2.06. The molecule has 0 bridgehead atoms. The average Bonchev–Trinajstić information content (AvgIpc) is 3.12. The van der Waals surface area contributed by atoms with E-state index < -0.39 is 11.7 Å². The number of rotatable bonds is 4. The fourth-order valence-corrected chi connectivity index (χ4v) is 2.81. The number of imidazole rings is 1. The van der Waals surface area contributed by atoms with Gasteiger partial charge in [0.15, 0.2) is 11.5 Å². The molecule has 4 aromatic heterocycles. The van der Waals surface area contributed by atoms with Crippen molar-refractivity contribution in [3.8, 4) is 23.1 Å². The highest BCUT2D eigenvalue weighted by Crippen LogP contribution is 2.33. The van der Waals surface area contributed by atoms with E-state index in [4.69, 9.17) is 4.74 Å². The van der Waals surface area contributed by atoms with E-state index in [-0.39, 0.29) is 17.8 Å². The van der Waals surface area contributed by atoms with Crippen molar-refractivity contribution >= 4 is 11.2 Å². The van der Waals surface area contributed by atoms with Gasteiger partial charge in [0.1, 0.15) is 11.2 Å². The molecule has 0 radical (unpaired) electrons. The maximum absolute atomic E-state index is 13.1. The number of halogens is 3. The third-order valence-corrected chi connectivity index (χ3v) is 4.25. The summed E-state index contributed by atoms with van der Waals surface area (Å²) < 4.78 is 45.9. The molecule has 0 fully saturated rings. The average molecular weight is 401 g/mol. The molecule has 0 amide bonds. The zero-order valence-electron chi connectivity index (χ0n) is 15.1. The maximum Gasteiger partial charge on any atom is 0.417 e. The van der Waals surface area contributed by atoms with Crippen LogP contribution in [0.3, 0.4) is 0 Å². The molecule has 0 unspecified atom stereocenters. The highest BCUT2D eigenvalue weighted by molar-refractivity contribution is 5.79. The first-order chi connectivity index (χ1) is 13.9. The molecule has 0 aromatic carbocycles. The van der Waals surface area contributed by atoms with Crippen LogP contribution in [0.2, 0.25) is 0 Å². The van der Waals surface area contributed by atoms with Gasteiger partial charge < -0.3 is 9.84 Å². The molecule has 148 valence electrons. The van der Waals surface area contributed by atoms with Crippen LogP contribution in [-0.4, -0.2) is 36.7 Å². The highest BCUT2D eigenvalue weighted by atomic mass is 19.4. The van der Waals surface area contributed by atoms with Crippen LogP contribution >= 0.6 is 0 Å². The molecular formula is C19H14F3N5O2. The number of hydrogen-bond donors (Lipinski definition) is 1. The maximum atomic E-state index is 13.1. The topological polar surface area (TPSA) is 86.0 Å². The van der Waals surface area contributed by atoms with Gasteiger partial charge in [0.25, 0.3) is 0 Å². The molecule has 0 aliphatic carbocycles. The lowest BCUT2D eigenvalue weighted by atomic mass is 10.2. The summed E-state index contributed by atoms with van der Waals surface area (Å²) in [6.45, 7) is -0.178. The minimum atomic E-state index is -4.53. The summed E-state index contributed by atoms with van der Waals surface area (Å²) in [4.78, 5) is 16.8. The van der Waals surface area contributed by atoms with Gasteiger partial charge in [0.2, 0.25) is 5.88 Å². The van der Waals surface area contributed by atoms with Crippen molar-refractivity contribution in [2.24, 2.45) is 0 Å². The molecular weight excluding hydrogens is 387 g/mol. The Morgan fingerprint density at radius 1 is 1.03 bits per heavy atom. The Kier molecular flexibility index (Phi) is 4.63. The molecule has 4 aromatic rings. The molecule has 0 spiro atoms. The fraction of sp³-hybridized carbons (Fsp3) is 0.158. The van der Waals surface area contributed by atoms with Gasteiger partial charge in [0, 0.05) is 18.5 Å². The van der Waals surface area contributed by atoms with Crippen LogP contribution in [0.25, 0.3) is 28.4 Å². The predicted octanol–water partition coefficient (Wildman–Crippen LogP) is 3.40. The van der Waals surface area contributed by atoms with Crippen LogP contribution in [0.4, 0.5) is 13.2 Å². The number of ether oxygens (including phenoxy) is 1. The Morgan fingerprint density at radius 2 is 1.86 bits per heavy atom. The zero-order chi connectivity index (χ0) is 20.6. The van der Waals surface area contributed by atoms with Crippen molar-refractivity contribution in [2.45, 2.75) is 12.8 Å². The van der Waals surface area contributed by atoms with Gasteiger partial charge in [-0.1, -0.05) is 6.07 Å². The van der Waals surface area contributed by atoms with Crippen molar-refractivity contribution in [3.05, 3.63) is 60.0 Å². The quantitative estimate of drug-likeness (QED) is 0.564. The normalized spacial score (nSPS) is 11.8. The third kappa shape index (κ3) is 3.49. The summed E-state index contributed by atoms with van der Waals surface area (Å²) >= 11 is 0. The second-order valence-electron chi connectivity index (χ2n) is 6.10. The summed E-state index contributed by atoms with van der Waals surface area (Å²) in [6.07, 6.45) is -0.790. The number of aliphatic hydroxyl groups is 1. The largest absolute Gasteiger partial charge is 0.481 e. The van der Waals surface area contributed by atoms with E-state index in [0.29, 0.717) is 28.6 Å². The standard InChI is InChI=1S/C19H14F3N5O2/c1-29-16-5-3-13(9-24-16)27-17-15(6-12(8-25-17)19(20,21)22)26-18(27)14-4-2-11(10-28)7-23-14/h2-9,28H,10H2,1H3. The summed E-state index contributed by atoms with van der Waals surface area (Å²) in [5.74, 6) is 0.681. The Morgan fingerprint density at radius 3 is 2.45 bits per heavy atom. The number of methoxy groups -OCH3 is 1. The second-order valence-corrected chi connectivity index (χ2v) is 6.10. The molecule has 0 saturated carbocycles. The van der Waals surface area contributed by atoms with Crippen LogP contribution in [0, 0.1) is 0 Å². The molecule has 4 rings (SSSR count). The van der Waals surface area contributed by atoms with Gasteiger partial charge in [-0.15, -0.1) is 0 Å². The number of nitrogens with zero attached hydrogens (tertiary/aromatic N) is 5. The van der Waals surface area contributed by atoms with Crippen LogP contribution in [0.5, 0.6) is 5.88 Å². The van der Waals surface area contributed by atoms with Crippen molar-refractivity contribution < 1.29 is 23.0 Å². The highest BCUT2D eigenvalue weighted by Gasteiger charge is 2.32. The number of hydrogen-bond acceptors (Lipinski definition) is 6. The minimum absolute atomic E-state index is 0.0682. The Bertz CT molecular complexity index is 1160. The summed E-state index contributed by atoms with van der Waals surface area (Å²) in [7, 11) is 1.48. The Balaban J connectivity index is 1.95. The summed E-state index contributed by atoms with van der Waals surface area (Å²) in [6, 6.07) is 7.55. The van der Waals surface area contributed by atoms with E-state index in [1.807, 2.05) is 0 Å². The Labute approximate surface area is 162 Å². The summed E-state index contributed by atoms with van der Waals surface area (Å²) in [5.41, 5.74) is 0.942. The second kappa shape index (κ2) is 7.13. The molecule has 0 saturated heterocycles. The smallest absolute Gasteiger partial charge is 0.417 e. The van der Waals surface area contributed by atoms with E-state index in [2.05, 4.69) is 19.9 Å². The fourth-order valence-electron chi connectivity index (χ4n) is 2.81. The van der Waals surface area contributed by atoms with E-state index in [0.717, 1.165) is 12.3 Å². The van der Waals surface area contributed by atoms with Crippen LogP contribution in [-0.2, 0) is 12.8 Å². The van der Waals surface area contributed by atoms with Crippen molar-refractivity contribution in [3.63, 3.8) is 0 Å². The van der Waals surface area contributed by atoms with Crippen LogP contribution in [0.15, 0.2) is 48.9 Å². The lowest BCUT2D eigenvalue weighted by Gasteiger charge is -2.09. The molecule has 1 N–H and O–H groups in total. The first-order valence-electron chi connectivity index (χ1n) is 8.43. The molecule has 4 heterocycles. The molecule has 10 heteroatoms. The monoisotopic (exact) mass is 401 g/mol. The van der Waals surface area contributed by atoms with Gasteiger partial charge in [-0.3, -0.25) is 9.55 Å². The van der Waals surface area contributed by atoms with Gasteiger partial charge in [-0.05, 0) is 23.8 Å². The number of pyridine rings is 3. The van der Waals surface area contributed by atoms with Gasteiger partial charge >= 0.3 is 6.18 Å². The predicted molar refractivity (Wildman–Crippen MR) is 97.4 cm³/mol. The minimum Gasteiger partial charge on any atom is -0.481 e. The van der Waals surface area contributed by atoms with Gasteiger partial charge in [-0.25, -0.2) is 15.0 Å². The molecule has 0 atom stereocenters. The van der Waals surface area contributed by atoms with Crippen LogP contribution < -0.4 is 4.74 Å². The SMILES string of the molecule is COc1ccc(-n2c(-c3ccc(CO)cn3)nc3cc(C(F)(F)F)cnc32)cn1. The Hall–Kier alpha value is -3.53. The van der Waals surface area contributed by atoms with Crippen molar-refractivity contribution in [1.29, 1.82) is 0 Å². The van der Waals surface area contributed by atoms with Gasteiger partial charge in [-0.2, -0.15) is 13.2 Å². The number of aromatic nitrogens is 5. The molecule has 0 aliphatic heterocycles. The number of fused-ring (bicyclic) bond motifs is 1. The van der Waals surface area contributed by atoms with E-state index in [1.165, 1.54) is 19.5 Å². The van der Waals surface area contributed by atoms with Crippen LogP contribution in [0.1, 0.15) is 11.1 Å². The van der Waals surface area contributed by atoms with Gasteiger partial charge in [0.05, 0.1) is 31.2 Å². The first-order valence-corrected chi connectivity index (χ1v) is 8.43. The number of aliphatic hydroxyl groups excluding tert-OH is 1.